The largest absolute Gasteiger partial charge is 0.325 e. The van der Waals surface area contributed by atoms with Crippen molar-refractivity contribution in [3.05, 3.63) is 34.6 Å². The summed E-state index contributed by atoms with van der Waals surface area (Å²) in [7, 11) is 0. The number of halogens is 2. The molecule has 3 heteroatoms. The van der Waals surface area contributed by atoms with Crippen LogP contribution < -0.4 is 5.73 Å². The SMILES string of the molecule is CC(C)C(C)(N)Cc1ccc(F)c(Cl)c1. The van der Waals surface area contributed by atoms with Crippen molar-refractivity contribution >= 4 is 11.6 Å². The van der Waals surface area contributed by atoms with E-state index < -0.39 is 0 Å². The van der Waals surface area contributed by atoms with Gasteiger partial charge in [-0.15, -0.1) is 0 Å². The summed E-state index contributed by atoms with van der Waals surface area (Å²) in [5.41, 5.74) is 6.82. The maximum absolute atomic E-state index is 12.9. The maximum atomic E-state index is 12.9. The van der Waals surface area contributed by atoms with Gasteiger partial charge in [-0.3, -0.25) is 0 Å². The van der Waals surface area contributed by atoms with Gasteiger partial charge in [0.2, 0.25) is 0 Å². The summed E-state index contributed by atoms with van der Waals surface area (Å²) in [5, 5.41) is 0.159. The third-order valence-corrected chi connectivity index (χ3v) is 3.18. The fourth-order valence-electron chi connectivity index (χ4n) is 1.29. The monoisotopic (exact) mass is 229 g/mol. The highest BCUT2D eigenvalue weighted by Crippen LogP contribution is 2.22. The molecule has 0 aromatic heterocycles. The smallest absolute Gasteiger partial charge is 0.141 e. The van der Waals surface area contributed by atoms with E-state index in [2.05, 4.69) is 13.8 Å². The number of hydrogen-bond donors (Lipinski definition) is 1. The molecule has 0 bridgehead atoms. The van der Waals surface area contributed by atoms with Crippen LogP contribution in [0, 0.1) is 11.7 Å². The predicted octanol–water partition coefficient (Wildman–Crippen LogP) is 3.40. The topological polar surface area (TPSA) is 26.0 Å². The molecule has 1 rings (SSSR count). The fraction of sp³-hybridized carbons (Fsp3) is 0.500. The molecular formula is C12H17ClFN. The summed E-state index contributed by atoms with van der Waals surface area (Å²) in [4.78, 5) is 0. The van der Waals surface area contributed by atoms with Crippen molar-refractivity contribution in [3.8, 4) is 0 Å². The third-order valence-electron chi connectivity index (χ3n) is 2.89. The first kappa shape index (κ1) is 12.5. The van der Waals surface area contributed by atoms with Gasteiger partial charge in [0.15, 0.2) is 0 Å². The summed E-state index contributed by atoms with van der Waals surface area (Å²) in [5.74, 6) is -0.0231. The molecule has 0 radical (unpaired) electrons. The molecule has 84 valence electrons. The van der Waals surface area contributed by atoms with Crippen LogP contribution in [0.4, 0.5) is 4.39 Å². The van der Waals surface area contributed by atoms with E-state index in [1.807, 2.05) is 6.92 Å². The Kier molecular flexibility index (Phi) is 3.74. The molecule has 0 saturated carbocycles. The molecule has 1 nitrogen and oxygen atoms in total. The average molecular weight is 230 g/mol. The van der Waals surface area contributed by atoms with E-state index in [9.17, 15) is 4.39 Å². The van der Waals surface area contributed by atoms with E-state index in [4.69, 9.17) is 17.3 Å². The lowest BCUT2D eigenvalue weighted by atomic mass is 9.84. The van der Waals surface area contributed by atoms with Crippen LogP contribution in [0.15, 0.2) is 18.2 Å². The molecule has 0 saturated heterocycles. The quantitative estimate of drug-likeness (QED) is 0.845. The first-order valence-electron chi connectivity index (χ1n) is 5.06. The Labute approximate surface area is 95.4 Å². The molecule has 1 aromatic carbocycles. The zero-order chi connectivity index (χ0) is 11.6. The zero-order valence-corrected chi connectivity index (χ0v) is 10.1. The minimum absolute atomic E-state index is 0.159. The first-order chi connectivity index (χ1) is 6.83. The van der Waals surface area contributed by atoms with Crippen molar-refractivity contribution < 1.29 is 4.39 Å². The Morgan fingerprint density at radius 1 is 1.47 bits per heavy atom. The number of benzene rings is 1. The Balaban J connectivity index is 2.86. The lowest BCUT2D eigenvalue weighted by Gasteiger charge is -2.29. The summed E-state index contributed by atoms with van der Waals surface area (Å²) < 4.78 is 12.9. The van der Waals surface area contributed by atoms with Gasteiger partial charge in [0.05, 0.1) is 5.02 Å². The second-order valence-electron chi connectivity index (χ2n) is 4.59. The Morgan fingerprint density at radius 3 is 2.53 bits per heavy atom. The Morgan fingerprint density at radius 2 is 2.07 bits per heavy atom. The second-order valence-corrected chi connectivity index (χ2v) is 4.99. The zero-order valence-electron chi connectivity index (χ0n) is 9.35. The summed E-state index contributed by atoms with van der Waals surface area (Å²) in [6, 6.07) is 4.76. The molecular weight excluding hydrogens is 213 g/mol. The molecule has 0 aliphatic carbocycles. The van der Waals surface area contributed by atoms with Crippen LogP contribution in [0.3, 0.4) is 0 Å². The van der Waals surface area contributed by atoms with E-state index in [0.29, 0.717) is 12.3 Å². The van der Waals surface area contributed by atoms with Crippen LogP contribution in [-0.2, 0) is 6.42 Å². The lowest BCUT2D eigenvalue weighted by Crippen LogP contribution is -2.43. The van der Waals surface area contributed by atoms with Gasteiger partial charge in [-0.1, -0.05) is 31.5 Å². The van der Waals surface area contributed by atoms with E-state index in [1.165, 1.54) is 6.07 Å². The molecule has 0 fully saturated rings. The molecule has 1 atom stereocenters. The molecule has 15 heavy (non-hydrogen) atoms. The van der Waals surface area contributed by atoms with Gasteiger partial charge in [0.25, 0.3) is 0 Å². The maximum Gasteiger partial charge on any atom is 0.141 e. The van der Waals surface area contributed by atoms with Crippen molar-refractivity contribution in [2.75, 3.05) is 0 Å². The van der Waals surface area contributed by atoms with Crippen LogP contribution in [0.2, 0.25) is 5.02 Å². The Bertz CT molecular complexity index is 347. The van der Waals surface area contributed by atoms with Gasteiger partial charge < -0.3 is 5.73 Å². The van der Waals surface area contributed by atoms with Gasteiger partial charge in [0.1, 0.15) is 5.82 Å². The summed E-state index contributed by atoms with van der Waals surface area (Å²) in [6.07, 6.45) is 0.699. The highest BCUT2D eigenvalue weighted by molar-refractivity contribution is 6.30. The van der Waals surface area contributed by atoms with E-state index in [0.717, 1.165) is 5.56 Å². The van der Waals surface area contributed by atoms with Crippen LogP contribution >= 0.6 is 11.6 Å². The molecule has 0 aliphatic heterocycles. The summed E-state index contributed by atoms with van der Waals surface area (Å²) >= 11 is 5.71. The van der Waals surface area contributed by atoms with Crippen LogP contribution in [-0.4, -0.2) is 5.54 Å². The van der Waals surface area contributed by atoms with Gasteiger partial charge >= 0.3 is 0 Å². The highest BCUT2D eigenvalue weighted by atomic mass is 35.5. The average Bonchev–Trinajstić information content (AvgIpc) is 2.10. The highest BCUT2D eigenvalue weighted by Gasteiger charge is 2.23. The van der Waals surface area contributed by atoms with Crippen LogP contribution in [0.5, 0.6) is 0 Å². The normalized spacial score (nSPS) is 15.4. The molecule has 0 aliphatic rings. The van der Waals surface area contributed by atoms with Gasteiger partial charge in [-0.25, -0.2) is 4.39 Å². The van der Waals surface area contributed by atoms with Gasteiger partial charge in [-0.05, 0) is 37.0 Å². The number of hydrogen-bond acceptors (Lipinski definition) is 1. The molecule has 1 unspecified atom stereocenters. The lowest BCUT2D eigenvalue weighted by molar-refractivity contribution is 0.337. The van der Waals surface area contributed by atoms with Crippen LogP contribution in [0.1, 0.15) is 26.3 Å². The third kappa shape index (κ3) is 3.18. The minimum Gasteiger partial charge on any atom is -0.325 e. The van der Waals surface area contributed by atoms with Gasteiger partial charge in [0, 0.05) is 5.54 Å². The van der Waals surface area contributed by atoms with Crippen molar-refractivity contribution in [2.45, 2.75) is 32.7 Å². The van der Waals surface area contributed by atoms with Crippen molar-refractivity contribution in [1.82, 2.24) is 0 Å². The number of rotatable bonds is 3. The van der Waals surface area contributed by atoms with E-state index in [-0.39, 0.29) is 16.4 Å². The molecule has 0 amide bonds. The summed E-state index contributed by atoms with van der Waals surface area (Å²) in [6.45, 7) is 6.14. The van der Waals surface area contributed by atoms with Crippen molar-refractivity contribution in [2.24, 2.45) is 11.7 Å². The van der Waals surface area contributed by atoms with Crippen molar-refractivity contribution in [1.29, 1.82) is 0 Å². The van der Waals surface area contributed by atoms with E-state index in [1.54, 1.807) is 12.1 Å². The van der Waals surface area contributed by atoms with Crippen molar-refractivity contribution in [3.63, 3.8) is 0 Å². The van der Waals surface area contributed by atoms with Crippen LogP contribution in [0.25, 0.3) is 0 Å². The van der Waals surface area contributed by atoms with E-state index >= 15 is 0 Å². The molecule has 0 heterocycles. The molecule has 0 spiro atoms. The van der Waals surface area contributed by atoms with Gasteiger partial charge in [-0.2, -0.15) is 0 Å². The first-order valence-corrected chi connectivity index (χ1v) is 5.43. The number of nitrogens with two attached hydrogens (primary N) is 1. The Hall–Kier alpha value is -0.600. The molecule has 1 aromatic rings. The standard InChI is InChI=1S/C12H17ClFN/c1-8(2)12(3,15)7-9-4-5-11(14)10(13)6-9/h4-6,8H,7,15H2,1-3H3. The minimum atomic E-state index is -0.385. The fourth-order valence-corrected chi connectivity index (χ4v) is 1.50. The second kappa shape index (κ2) is 4.50. The predicted molar refractivity (Wildman–Crippen MR) is 62.5 cm³/mol. The molecule has 2 N–H and O–H groups in total.